The average molecular weight is 356 g/mol. The minimum absolute atomic E-state index is 0.121. The van der Waals surface area contributed by atoms with Gasteiger partial charge >= 0.3 is 0 Å². The third kappa shape index (κ3) is 4.51. The number of anilines is 1. The van der Waals surface area contributed by atoms with E-state index in [1.165, 1.54) is 0 Å². The predicted octanol–water partition coefficient (Wildman–Crippen LogP) is 2.86. The van der Waals surface area contributed by atoms with Gasteiger partial charge in [0.05, 0.1) is 4.88 Å². The molecule has 0 fully saturated rings. The number of nitrogens with zero attached hydrogens (tertiary/aromatic N) is 2. The lowest BCUT2D eigenvalue weighted by atomic mass is 10.2. The first kappa shape index (κ1) is 16.8. The fraction of sp³-hybridized carbons (Fsp3) is 0.176. The molecule has 25 heavy (non-hydrogen) atoms. The summed E-state index contributed by atoms with van der Waals surface area (Å²) in [6.07, 6.45) is 1.46. The molecule has 128 valence electrons. The van der Waals surface area contributed by atoms with Crippen molar-refractivity contribution < 1.29 is 14.1 Å². The number of thiophene rings is 1. The van der Waals surface area contributed by atoms with E-state index in [9.17, 15) is 9.59 Å². The number of primary amides is 1. The zero-order valence-corrected chi connectivity index (χ0v) is 14.1. The van der Waals surface area contributed by atoms with Crippen LogP contribution in [-0.2, 0) is 11.2 Å². The van der Waals surface area contributed by atoms with E-state index in [0.717, 1.165) is 4.88 Å². The lowest BCUT2D eigenvalue weighted by Crippen LogP contribution is -2.13. The molecular weight excluding hydrogens is 340 g/mol. The normalized spacial score (nSPS) is 10.6. The highest BCUT2D eigenvalue weighted by Gasteiger charge is 2.10. The number of aryl methyl sites for hydroxylation is 1. The highest BCUT2D eigenvalue weighted by Crippen LogP contribution is 2.21. The second-order valence-electron chi connectivity index (χ2n) is 5.33. The quantitative estimate of drug-likeness (QED) is 0.676. The fourth-order valence-corrected chi connectivity index (χ4v) is 2.85. The summed E-state index contributed by atoms with van der Waals surface area (Å²) < 4.78 is 5.19. The summed E-state index contributed by atoms with van der Waals surface area (Å²) in [6, 6.07) is 10.3. The van der Waals surface area contributed by atoms with Gasteiger partial charge in [-0.2, -0.15) is 4.98 Å². The van der Waals surface area contributed by atoms with Crippen molar-refractivity contribution in [2.24, 2.45) is 5.73 Å². The molecule has 1 aromatic carbocycles. The van der Waals surface area contributed by atoms with Crippen LogP contribution in [0.4, 0.5) is 5.69 Å². The second kappa shape index (κ2) is 7.71. The number of aromatic nitrogens is 2. The molecular formula is C17H16N4O3S. The van der Waals surface area contributed by atoms with Gasteiger partial charge in [0.2, 0.25) is 23.5 Å². The first-order valence-corrected chi connectivity index (χ1v) is 8.56. The molecule has 2 aromatic heterocycles. The Labute approximate surface area is 147 Å². The summed E-state index contributed by atoms with van der Waals surface area (Å²) >= 11 is 1.54. The monoisotopic (exact) mass is 356 g/mol. The molecule has 2 heterocycles. The van der Waals surface area contributed by atoms with Gasteiger partial charge in [0, 0.05) is 24.1 Å². The number of nitrogens with one attached hydrogen (secondary N) is 1. The van der Waals surface area contributed by atoms with Crippen LogP contribution in [0.15, 0.2) is 46.3 Å². The molecule has 0 radical (unpaired) electrons. The summed E-state index contributed by atoms with van der Waals surface area (Å²) in [7, 11) is 0. The molecule has 0 aliphatic rings. The number of hydrogen-bond acceptors (Lipinski definition) is 6. The van der Waals surface area contributed by atoms with Crippen LogP contribution >= 0.6 is 11.3 Å². The topological polar surface area (TPSA) is 111 Å². The third-order valence-electron chi connectivity index (χ3n) is 3.46. The Morgan fingerprint density at radius 1 is 1.20 bits per heavy atom. The molecule has 8 heteroatoms. The van der Waals surface area contributed by atoms with Crippen molar-refractivity contribution in [3.8, 4) is 10.7 Å². The number of nitrogens with two attached hydrogens (primary N) is 1. The van der Waals surface area contributed by atoms with Crippen LogP contribution < -0.4 is 11.1 Å². The van der Waals surface area contributed by atoms with Gasteiger partial charge in [-0.05, 0) is 42.1 Å². The van der Waals surface area contributed by atoms with Crippen LogP contribution in [0.3, 0.4) is 0 Å². The third-order valence-corrected chi connectivity index (χ3v) is 4.32. The number of benzene rings is 1. The number of carbonyl (C=O) groups is 2. The Balaban J connectivity index is 1.45. The molecule has 0 unspecified atom stereocenters. The highest BCUT2D eigenvalue weighted by molar-refractivity contribution is 7.13. The Bertz CT molecular complexity index is 856. The van der Waals surface area contributed by atoms with Crippen molar-refractivity contribution in [1.82, 2.24) is 10.1 Å². The first-order valence-electron chi connectivity index (χ1n) is 7.68. The predicted molar refractivity (Wildman–Crippen MR) is 94.1 cm³/mol. The number of rotatable bonds is 7. The molecule has 2 amide bonds. The van der Waals surface area contributed by atoms with Gasteiger partial charge in [-0.15, -0.1) is 11.3 Å². The molecule has 0 spiro atoms. The van der Waals surface area contributed by atoms with Crippen molar-refractivity contribution in [2.75, 3.05) is 5.32 Å². The Hall–Kier alpha value is -3.00. The summed E-state index contributed by atoms with van der Waals surface area (Å²) in [5.41, 5.74) is 6.19. The molecule has 0 saturated carbocycles. The lowest BCUT2D eigenvalue weighted by molar-refractivity contribution is -0.116. The van der Waals surface area contributed by atoms with Crippen LogP contribution in [0, 0.1) is 0 Å². The van der Waals surface area contributed by atoms with Crippen LogP contribution in [0.1, 0.15) is 29.1 Å². The molecule has 0 bridgehead atoms. The number of amides is 2. The van der Waals surface area contributed by atoms with E-state index in [1.807, 2.05) is 17.5 Å². The van der Waals surface area contributed by atoms with Gasteiger partial charge < -0.3 is 15.6 Å². The van der Waals surface area contributed by atoms with Crippen LogP contribution in [0.25, 0.3) is 10.7 Å². The van der Waals surface area contributed by atoms with Crippen LogP contribution in [0.2, 0.25) is 0 Å². The molecule has 3 aromatic rings. The zero-order chi connectivity index (χ0) is 17.6. The molecule has 3 rings (SSSR count). The second-order valence-corrected chi connectivity index (χ2v) is 6.28. The molecule has 3 N–H and O–H groups in total. The average Bonchev–Trinajstić information content (AvgIpc) is 3.26. The Morgan fingerprint density at radius 3 is 2.68 bits per heavy atom. The molecule has 0 aliphatic carbocycles. The van der Waals surface area contributed by atoms with Gasteiger partial charge in [0.25, 0.3) is 0 Å². The lowest BCUT2D eigenvalue weighted by Gasteiger charge is -2.05. The summed E-state index contributed by atoms with van der Waals surface area (Å²) in [5.74, 6) is 0.468. The summed E-state index contributed by atoms with van der Waals surface area (Å²) in [4.78, 5) is 28.2. The van der Waals surface area contributed by atoms with Gasteiger partial charge in [-0.1, -0.05) is 11.2 Å². The van der Waals surface area contributed by atoms with E-state index >= 15 is 0 Å². The van der Waals surface area contributed by atoms with Crippen molar-refractivity contribution in [2.45, 2.75) is 19.3 Å². The largest absolute Gasteiger partial charge is 0.366 e. The highest BCUT2D eigenvalue weighted by atomic mass is 32.1. The first-order chi connectivity index (χ1) is 12.1. The minimum Gasteiger partial charge on any atom is -0.366 e. The van der Waals surface area contributed by atoms with E-state index in [1.54, 1.807) is 35.6 Å². The van der Waals surface area contributed by atoms with Gasteiger partial charge in [0.15, 0.2) is 0 Å². The van der Waals surface area contributed by atoms with Crippen molar-refractivity contribution >= 4 is 28.8 Å². The van der Waals surface area contributed by atoms with E-state index in [4.69, 9.17) is 10.3 Å². The molecule has 7 nitrogen and oxygen atoms in total. The van der Waals surface area contributed by atoms with Gasteiger partial charge in [-0.25, -0.2) is 0 Å². The Kier molecular flexibility index (Phi) is 5.20. The maximum absolute atomic E-state index is 11.9. The SMILES string of the molecule is NC(=O)c1ccc(NC(=O)CCCc2nc(-c3cccs3)no2)cc1. The van der Waals surface area contributed by atoms with Gasteiger partial charge in [0.1, 0.15) is 0 Å². The maximum Gasteiger partial charge on any atom is 0.248 e. The van der Waals surface area contributed by atoms with Crippen molar-refractivity contribution in [3.05, 3.63) is 53.2 Å². The maximum atomic E-state index is 11.9. The van der Waals surface area contributed by atoms with E-state index in [0.29, 0.717) is 42.2 Å². The van der Waals surface area contributed by atoms with Crippen molar-refractivity contribution in [1.29, 1.82) is 0 Å². The van der Waals surface area contributed by atoms with Crippen LogP contribution in [-0.4, -0.2) is 22.0 Å². The summed E-state index contributed by atoms with van der Waals surface area (Å²) in [5, 5.41) is 8.65. The zero-order valence-electron chi connectivity index (χ0n) is 13.3. The van der Waals surface area contributed by atoms with E-state index in [2.05, 4.69) is 15.5 Å². The summed E-state index contributed by atoms with van der Waals surface area (Å²) in [6.45, 7) is 0. The Morgan fingerprint density at radius 2 is 2.00 bits per heavy atom. The van der Waals surface area contributed by atoms with Crippen molar-refractivity contribution in [3.63, 3.8) is 0 Å². The standard InChI is InChI=1S/C17H16N4O3S/c18-16(23)11-6-8-12(9-7-11)19-14(22)4-1-5-15-20-17(21-24-15)13-3-2-10-25-13/h2-3,6-10H,1,4-5H2,(H2,18,23)(H,19,22). The number of hydrogen-bond donors (Lipinski definition) is 2. The molecule has 0 atom stereocenters. The minimum atomic E-state index is -0.501. The number of carbonyl (C=O) groups excluding carboxylic acids is 2. The van der Waals surface area contributed by atoms with E-state index in [-0.39, 0.29) is 5.91 Å². The molecule has 0 saturated heterocycles. The fourth-order valence-electron chi connectivity index (χ4n) is 2.20. The van der Waals surface area contributed by atoms with Crippen LogP contribution in [0.5, 0.6) is 0 Å². The van der Waals surface area contributed by atoms with E-state index < -0.39 is 5.91 Å². The molecule has 0 aliphatic heterocycles. The smallest absolute Gasteiger partial charge is 0.248 e. The van der Waals surface area contributed by atoms with Gasteiger partial charge in [-0.3, -0.25) is 9.59 Å².